The van der Waals surface area contributed by atoms with Gasteiger partial charge in [-0.25, -0.2) is 0 Å². The molecule has 0 aliphatic heterocycles. The van der Waals surface area contributed by atoms with Gasteiger partial charge in [0.15, 0.2) is 0 Å². The molecule has 0 N–H and O–H groups in total. The van der Waals surface area contributed by atoms with Crippen LogP contribution in [0.25, 0.3) is 11.1 Å². The Bertz CT molecular complexity index is 610. The predicted octanol–water partition coefficient (Wildman–Crippen LogP) is 4.35. The minimum Gasteiger partial charge on any atom is -0.318 e. The van der Waals surface area contributed by atoms with E-state index < -0.39 is 0 Å². The lowest BCUT2D eigenvalue weighted by atomic mass is 9.91. The standard InChI is InChI=1S/C18H23NO/c1-4-6-14(5-2)15-7-9-16(10-8-15)17-11-12-18(20)19(3)13-17/h7-14H,4-6H2,1-3H3. The number of hydrogen-bond acceptors (Lipinski definition) is 1. The SMILES string of the molecule is CCCC(CC)c1ccc(-c2ccc(=O)n(C)c2)cc1. The van der Waals surface area contributed by atoms with Crippen molar-refractivity contribution in [2.75, 3.05) is 0 Å². The van der Waals surface area contributed by atoms with Crippen molar-refractivity contribution >= 4 is 0 Å². The van der Waals surface area contributed by atoms with E-state index in [0.717, 1.165) is 11.1 Å². The molecule has 1 heterocycles. The van der Waals surface area contributed by atoms with Crippen LogP contribution in [0.1, 0.15) is 44.6 Å². The minimum absolute atomic E-state index is 0.0272. The maximum Gasteiger partial charge on any atom is 0.250 e. The quantitative estimate of drug-likeness (QED) is 0.791. The number of nitrogens with zero attached hydrogens (tertiary/aromatic N) is 1. The first-order valence-corrected chi connectivity index (χ1v) is 7.42. The number of aryl methyl sites for hydroxylation is 1. The van der Waals surface area contributed by atoms with E-state index in [1.807, 2.05) is 12.3 Å². The molecule has 0 saturated heterocycles. The van der Waals surface area contributed by atoms with Crippen molar-refractivity contribution in [2.24, 2.45) is 7.05 Å². The van der Waals surface area contributed by atoms with Crippen molar-refractivity contribution in [3.05, 3.63) is 58.5 Å². The van der Waals surface area contributed by atoms with Gasteiger partial charge in [-0.15, -0.1) is 0 Å². The van der Waals surface area contributed by atoms with Crippen LogP contribution in [-0.4, -0.2) is 4.57 Å². The van der Waals surface area contributed by atoms with E-state index in [1.54, 1.807) is 17.7 Å². The van der Waals surface area contributed by atoms with Crippen LogP contribution in [0.3, 0.4) is 0 Å². The molecule has 1 unspecified atom stereocenters. The summed E-state index contributed by atoms with van der Waals surface area (Å²) >= 11 is 0. The molecule has 0 fully saturated rings. The third-order valence-electron chi connectivity index (χ3n) is 3.93. The summed E-state index contributed by atoms with van der Waals surface area (Å²) in [5.74, 6) is 0.661. The number of rotatable bonds is 5. The lowest BCUT2D eigenvalue weighted by Gasteiger charge is -2.15. The first kappa shape index (κ1) is 14.6. The minimum atomic E-state index is 0.0272. The van der Waals surface area contributed by atoms with Gasteiger partial charge in [0.05, 0.1) is 0 Å². The van der Waals surface area contributed by atoms with Crippen LogP contribution in [0.15, 0.2) is 47.4 Å². The largest absolute Gasteiger partial charge is 0.318 e. The Morgan fingerprint density at radius 3 is 2.20 bits per heavy atom. The van der Waals surface area contributed by atoms with Crippen molar-refractivity contribution in [3.63, 3.8) is 0 Å². The van der Waals surface area contributed by atoms with E-state index in [-0.39, 0.29) is 5.56 Å². The summed E-state index contributed by atoms with van der Waals surface area (Å²) < 4.78 is 1.62. The van der Waals surface area contributed by atoms with Gasteiger partial charge in [0, 0.05) is 19.3 Å². The van der Waals surface area contributed by atoms with Crippen LogP contribution in [0.5, 0.6) is 0 Å². The third kappa shape index (κ3) is 3.19. The normalized spacial score (nSPS) is 12.3. The maximum atomic E-state index is 11.4. The second kappa shape index (κ2) is 6.56. The molecule has 1 aromatic carbocycles. The van der Waals surface area contributed by atoms with Crippen molar-refractivity contribution in [1.82, 2.24) is 4.57 Å². The molecule has 0 spiro atoms. The van der Waals surface area contributed by atoms with Gasteiger partial charge in [-0.2, -0.15) is 0 Å². The Morgan fingerprint density at radius 1 is 1.00 bits per heavy atom. The molecule has 0 bridgehead atoms. The highest BCUT2D eigenvalue weighted by Crippen LogP contribution is 2.27. The monoisotopic (exact) mass is 269 g/mol. The van der Waals surface area contributed by atoms with Crippen molar-refractivity contribution < 1.29 is 0 Å². The van der Waals surface area contributed by atoms with Crippen LogP contribution in [0.2, 0.25) is 0 Å². The lowest BCUT2D eigenvalue weighted by molar-refractivity contribution is 0.596. The summed E-state index contributed by atoms with van der Waals surface area (Å²) in [5.41, 5.74) is 3.69. The molecule has 0 saturated carbocycles. The van der Waals surface area contributed by atoms with Crippen LogP contribution in [-0.2, 0) is 7.05 Å². The van der Waals surface area contributed by atoms with E-state index in [4.69, 9.17) is 0 Å². The molecule has 20 heavy (non-hydrogen) atoms. The van der Waals surface area contributed by atoms with E-state index in [0.29, 0.717) is 5.92 Å². The number of hydrogen-bond donors (Lipinski definition) is 0. The van der Waals surface area contributed by atoms with Crippen LogP contribution in [0.4, 0.5) is 0 Å². The highest BCUT2D eigenvalue weighted by atomic mass is 16.1. The summed E-state index contributed by atoms with van der Waals surface area (Å²) in [4.78, 5) is 11.4. The van der Waals surface area contributed by atoms with Crippen LogP contribution in [0, 0.1) is 0 Å². The zero-order valence-corrected chi connectivity index (χ0v) is 12.6. The second-order valence-corrected chi connectivity index (χ2v) is 5.38. The van der Waals surface area contributed by atoms with Crippen molar-refractivity contribution in [3.8, 4) is 11.1 Å². The molecule has 1 atom stereocenters. The highest BCUT2D eigenvalue weighted by Gasteiger charge is 2.08. The predicted molar refractivity (Wildman–Crippen MR) is 85.1 cm³/mol. The molecule has 0 aliphatic carbocycles. The molecule has 1 aromatic heterocycles. The molecular weight excluding hydrogens is 246 g/mol. The summed E-state index contributed by atoms with van der Waals surface area (Å²) in [7, 11) is 1.79. The van der Waals surface area contributed by atoms with E-state index >= 15 is 0 Å². The molecule has 2 heteroatoms. The fourth-order valence-corrected chi connectivity index (χ4v) is 2.67. The fourth-order valence-electron chi connectivity index (χ4n) is 2.67. The number of benzene rings is 1. The lowest BCUT2D eigenvalue weighted by Crippen LogP contribution is -2.13. The summed E-state index contributed by atoms with van der Waals surface area (Å²) in [6, 6.07) is 12.3. The van der Waals surface area contributed by atoms with Crippen molar-refractivity contribution in [1.29, 1.82) is 0 Å². The zero-order chi connectivity index (χ0) is 14.5. The van der Waals surface area contributed by atoms with E-state index in [2.05, 4.69) is 38.1 Å². The van der Waals surface area contributed by atoms with Crippen molar-refractivity contribution in [2.45, 2.75) is 39.0 Å². The summed E-state index contributed by atoms with van der Waals surface area (Å²) in [5, 5.41) is 0. The average molecular weight is 269 g/mol. The molecule has 106 valence electrons. The first-order valence-electron chi connectivity index (χ1n) is 7.42. The van der Waals surface area contributed by atoms with Gasteiger partial charge in [0.25, 0.3) is 0 Å². The van der Waals surface area contributed by atoms with Gasteiger partial charge in [-0.1, -0.05) is 44.5 Å². The van der Waals surface area contributed by atoms with Gasteiger partial charge in [0.1, 0.15) is 0 Å². The van der Waals surface area contributed by atoms with E-state index in [9.17, 15) is 4.79 Å². The molecular formula is C18H23NO. The molecule has 0 radical (unpaired) electrons. The first-order chi connectivity index (χ1) is 9.65. The third-order valence-corrected chi connectivity index (χ3v) is 3.93. The van der Waals surface area contributed by atoms with Crippen LogP contribution >= 0.6 is 0 Å². The van der Waals surface area contributed by atoms with Gasteiger partial charge >= 0.3 is 0 Å². The average Bonchev–Trinajstić information content (AvgIpc) is 2.48. The Labute approximate surface area is 121 Å². The molecule has 2 nitrogen and oxygen atoms in total. The van der Waals surface area contributed by atoms with E-state index in [1.165, 1.54) is 24.8 Å². The van der Waals surface area contributed by atoms with Gasteiger partial charge in [-0.05, 0) is 41.5 Å². The van der Waals surface area contributed by atoms with Gasteiger partial charge in [0.2, 0.25) is 5.56 Å². The fraction of sp³-hybridized carbons (Fsp3) is 0.389. The van der Waals surface area contributed by atoms with Gasteiger partial charge in [-0.3, -0.25) is 4.79 Å². The molecule has 2 aromatic rings. The summed E-state index contributed by atoms with van der Waals surface area (Å²) in [6.07, 6.45) is 5.55. The topological polar surface area (TPSA) is 22.0 Å². The summed E-state index contributed by atoms with van der Waals surface area (Å²) in [6.45, 7) is 4.49. The smallest absolute Gasteiger partial charge is 0.250 e. The number of aromatic nitrogens is 1. The molecule has 0 amide bonds. The number of pyridine rings is 1. The van der Waals surface area contributed by atoms with Gasteiger partial charge < -0.3 is 4.57 Å². The molecule has 2 rings (SSSR count). The second-order valence-electron chi connectivity index (χ2n) is 5.38. The highest BCUT2D eigenvalue weighted by molar-refractivity contribution is 5.62. The maximum absolute atomic E-state index is 11.4. The molecule has 0 aliphatic rings. The Balaban J connectivity index is 2.27. The Kier molecular flexibility index (Phi) is 4.78. The van der Waals surface area contributed by atoms with Crippen LogP contribution < -0.4 is 5.56 Å². The Morgan fingerprint density at radius 2 is 1.65 bits per heavy atom. The zero-order valence-electron chi connectivity index (χ0n) is 12.6. The Hall–Kier alpha value is -1.83.